The van der Waals surface area contributed by atoms with Gasteiger partial charge in [0.25, 0.3) is 0 Å². The maximum atomic E-state index is 6.54. The highest BCUT2D eigenvalue weighted by Crippen LogP contribution is 2.48. The minimum absolute atomic E-state index is 0.613. The first-order chi connectivity index (χ1) is 28.3. The number of oxazole rings is 1. The Balaban J connectivity index is 1.19. The molecule has 0 aliphatic rings. The summed E-state index contributed by atoms with van der Waals surface area (Å²) in [7, 11) is 0. The first-order valence-corrected chi connectivity index (χ1v) is 19.3. The molecule has 57 heavy (non-hydrogen) atoms. The summed E-state index contributed by atoms with van der Waals surface area (Å²) in [5.74, 6) is 0.613. The van der Waals surface area contributed by atoms with Gasteiger partial charge >= 0.3 is 0 Å². The van der Waals surface area contributed by atoms with Gasteiger partial charge < -0.3 is 13.9 Å². The normalized spacial score (nSPS) is 11.5. The van der Waals surface area contributed by atoms with Crippen LogP contribution in [0.4, 0.5) is 17.1 Å². The molecule has 0 amide bonds. The van der Waals surface area contributed by atoms with E-state index in [0.29, 0.717) is 5.89 Å². The van der Waals surface area contributed by atoms with E-state index in [1.165, 1.54) is 27.2 Å². The molecule has 0 saturated heterocycles. The van der Waals surface area contributed by atoms with Gasteiger partial charge in [-0.2, -0.15) is 0 Å². The smallest absolute Gasteiger partial charge is 0.227 e. The third-order valence-electron chi connectivity index (χ3n) is 11.0. The van der Waals surface area contributed by atoms with E-state index >= 15 is 0 Å². The molecule has 0 unspecified atom stereocenters. The molecular weight excluding hydrogens is 695 g/mol. The maximum absolute atomic E-state index is 6.54. The average molecular weight is 730 g/mol. The minimum atomic E-state index is 0.613. The third kappa shape index (κ3) is 5.50. The fourth-order valence-corrected chi connectivity index (χ4v) is 8.47. The van der Waals surface area contributed by atoms with Crippen molar-refractivity contribution in [3.8, 4) is 39.4 Å². The van der Waals surface area contributed by atoms with Crippen LogP contribution in [-0.4, -0.2) is 9.55 Å². The van der Waals surface area contributed by atoms with Crippen molar-refractivity contribution >= 4 is 60.7 Å². The highest BCUT2D eigenvalue weighted by Gasteiger charge is 2.24. The fourth-order valence-electron chi connectivity index (χ4n) is 8.47. The summed E-state index contributed by atoms with van der Waals surface area (Å²) in [4.78, 5) is 7.34. The Morgan fingerprint density at radius 1 is 0.421 bits per heavy atom. The van der Waals surface area contributed by atoms with Crippen LogP contribution in [0.1, 0.15) is 0 Å². The molecule has 11 aromatic rings. The molecule has 0 fully saturated rings. The minimum Gasteiger partial charge on any atom is -0.435 e. The zero-order valence-corrected chi connectivity index (χ0v) is 31.0. The third-order valence-corrected chi connectivity index (χ3v) is 11.0. The van der Waals surface area contributed by atoms with Gasteiger partial charge in [-0.3, -0.25) is 0 Å². The Labute approximate surface area is 330 Å². The topological polar surface area (TPSA) is 34.2 Å². The summed E-state index contributed by atoms with van der Waals surface area (Å²) in [5.41, 5.74) is 13.6. The molecule has 0 spiro atoms. The first kappa shape index (κ1) is 32.7. The molecule has 0 atom stereocenters. The van der Waals surface area contributed by atoms with E-state index in [2.05, 4.69) is 185 Å². The lowest BCUT2D eigenvalue weighted by Gasteiger charge is -2.30. The fraction of sp³-hybridized carbons (Fsp3) is 0. The van der Waals surface area contributed by atoms with Gasteiger partial charge in [-0.15, -0.1) is 0 Å². The van der Waals surface area contributed by atoms with Gasteiger partial charge in [0.2, 0.25) is 5.89 Å². The standard InChI is InChI=1S/C53H35N3O/c1-4-18-36(19-5-1)41-26-12-14-32-48(41)55(40-25-16-22-38(34-40)42-30-17-31-47-52(42)57-53(54-47)37-20-6-2-7-21-37)50-35-46-44-28-13-15-33-49(44)56(39-23-8-3-9-24-39)51(46)45-29-11-10-27-43(45)50/h1-35H. The lowest BCUT2D eigenvalue weighted by Crippen LogP contribution is -2.12. The largest absolute Gasteiger partial charge is 0.435 e. The molecule has 4 nitrogen and oxygen atoms in total. The van der Waals surface area contributed by atoms with Gasteiger partial charge in [0, 0.05) is 49.6 Å². The van der Waals surface area contributed by atoms with E-state index in [4.69, 9.17) is 9.40 Å². The van der Waals surface area contributed by atoms with Crippen LogP contribution in [0, 0.1) is 0 Å². The van der Waals surface area contributed by atoms with Gasteiger partial charge in [-0.25, -0.2) is 4.98 Å². The van der Waals surface area contributed by atoms with E-state index < -0.39 is 0 Å². The van der Waals surface area contributed by atoms with E-state index in [0.717, 1.165) is 67.1 Å². The summed E-state index contributed by atoms with van der Waals surface area (Å²) in [6.07, 6.45) is 0. The van der Waals surface area contributed by atoms with Crippen molar-refractivity contribution in [2.24, 2.45) is 0 Å². The molecule has 0 aliphatic heterocycles. The molecule has 0 N–H and O–H groups in total. The lowest BCUT2D eigenvalue weighted by molar-refractivity contribution is 0.621. The number of nitrogens with zero attached hydrogens (tertiary/aromatic N) is 3. The molecule has 2 heterocycles. The second-order valence-electron chi connectivity index (χ2n) is 14.3. The molecule has 2 aromatic heterocycles. The molecule has 4 heteroatoms. The quantitative estimate of drug-likeness (QED) is 0.164. The van der Waals surface area contributed by atoms with E-state index in [1.54, 1.807) is 0 Å². The first-order valence-electron chi connectivity index (χ1n) is 19.3. The molecular formula is C53H35N3O. The zero-order valence-electron chi connectivity index (χ0n) is 31.0. The van der Waals surface area contributed by atoms with Crippen LogP contribution in [0.25, 0.3) is 83.1 Å². The zero-order chi connectivity index (χ0) is 37.7. The Morgan fingerprint density at radius 2 is 1.04 bits per heavy atom. The van der Waals surface area contributed by atoms with E-state index in [-0.39, 0.29) is 0 Å². The van der Waals surface area contributed by atoms with E-state index in [9.17, 15) is 0 Å². The van der Waals surface area contributed by atoms with Gasteiger partial charge in [-0.1, -0.05) is 152 Å². The number of hydrogen-bond acceptors (Lipinski definition) is 3. The summed E-state index contributed by atoms with van der Waals surface area (Å²) in [6, 6.07) is 75.2. The van der Waals surface area contributed by atoms with Gasteiger partial charge in [-0.05, 0) is 71.8 Å². The SMILES string of the molecule is c1ccc(-c2nc3cccc(-c4cccc(N(c5ccccc5-c5ccccc5)c5cc6c7ccccc7n(-c7ccccc7)c6c6ccccc56)c4)c3o2)cc1. The molecule has 0 bridgehead atoms. The lowest BCUT2D eigenvalue weighted by atomic mass is 9.98. The van der Waals surface area contributed by atoms with Crippen LogP contribution in [0.5, 0.6) is 0 Å². The second kappa shape index (κ2) is 13.6. The van der Waals surface area contributed by atoms with Crippen molar-refractivity contribution in [2.75, 3.05) is 4.90 Å². The van der Waals surface area contributed by atoms with Crippen molar-refractivity contribution in [3.05, 3.63) is 212 Å². The Kier molecular flexibility index (Phi) is 7.78. The summed E-state index contributed by atoms with van der Waals surface area (Å²) < 4.78 is 8.96. The number of anilines is 3. The Hall–Kier alpha value is -7.69. The average Bonchev–Trinajstić information content (AvgIpc) is 3.88. The molecule has 0 radical (unpaired) electrons. The van der Waals surface area contributed by atoms with Crippen LogP contribution >= 0.6 is 0 Å². The second-order valence-corrected chi connectivity index (χ2v) is 14.3. The maximum Gasteiger partial charge on any atom is 0.227 e. The van der Waals surface area contributed by atoms with Crippen molar-refractivity contribution in [1.29, 1.82) is 0 Å². The van der Waals surface area contributed by atoms with Crippen molar-refractivity contribution in [1.82, 2.24) is 9.55 Å². The monoisotopic (exact) mass is 729 g/mol. The van der Waals surface area contributed by atoms with Gasteiger partial charge in [0.15, 0.2) is 5.58 Å². The van der Waals surface area contributed by atoms with Gasteiger partial charge in [0.05, 0.1) is 22.4 Å². The van der Waals surface area contributed by atoms with Gasteiger partial charge in [0.1, 0.15) is 5.52 Å². The molecule has 268 valence electrons. The predicted octanol–water partition coefficient (Wildman–Crippen LogP) is 14.5. The van der Waals surface area contributed by atoms with Crippen LogP contribution < -0.4 is 4.90 Å². The van der Waals surface area contributed by atoms with Crippen LogP contribution in [0.15, 0.2) is 217 Å². The summed E-state index contributed by atoms with van der Waals surface area (Å²) >= 11 is 0. The van der Waals surface area contributed by atoms with Crippen LogP contribution in [-0.2, 0) is 0 Å². The number of para-hydroxylation sites is 4. The highest BCUT2D eigenvalue weighted by atomic mass is 16.3. The molecule has 0 saturated carbocycles. The number of aromatic nitrogens is 2. The molecule has 0 aliphatic carbocycles. The van der Waals surface area contributed by atoms with Crippen molar-refractivity contribution in [2.45, 2.75) is 0 Å². The number of hydrogen-bond donors (Lipinski definition) is 0. The highest BCUT2D eigenvalue weighted by molar-refractivity contribution is 6.22. The number of benzene rings is 9. The number of fused-ring (bicyclic) bond motifs is 6. The van der Waals surface area contributed by atoms with Crippen molar-refractivity contribution in [3.63, 3.8) is 0 Å². The van der Waals surface area contributed by atoms with Crippen molar-refractivity contribution < 1.29 is 4.42 Å². The predicted molar refractivity (Wildman–Crippen MR) is 237 cm³/mol. The Bertz CT molecular complexity index is 3240. The molecule has 11 rings (SSSR count). The number of rotatable bonds is 7. The Morgan fingerprint density at radius 3 is 1.84 bits per heavy atom. The van der Waals surface area contributed by atoms with E-state index in [1.807, 2.05) is 36.4 Å². The summed E-state index contributed by atoms with van der Waals surface area (Å²) in [5, 5.41) is 4.74. The van der Waals surface area contributed by atoms with Crippen LogP contribution in [0.2, 0.25) is 0 Å². The van der Waals surface area contributed by atoms with Crippen LogP contribution in [0.3, 0.4) is 0 Å². The molecule has 9 aromatic carbocycles. The summed E-state index contributed by atoms with van der Waals surface area (Å²) in [6.45, 7) is 0.